The summed E-state index contributed by atoms with van der Waals surface area (Å²) in [6.07, 6.45) is 7.01. The minimum atomic E-state index is -4.01. The molecule has 17 nitrogen and oxygen atoms in total. The highest BCUT2D eigenvalue weighted by atomic mass is 33.1. The Morgan fingerprint density at radius 3 is 2.14 bits per heavy atom. The molecule has 4 amide bonds. The largest absolute Gasteiger partial charge is 0.493 e. The van der Waals surface area contributed by atoms with Crippen LogP contribution in [0, 0.1) is 12.8 Å². The van der Waals surface area contributed by atoms with E-state index in [1.807, 2.05) is 109 Å². The predicted molar refractivity (Wildman–Crippen MR) is 328 cm³/mol. The van der Waals surface area contributed by atoms with Gasteiger partial charge in [-0.25, -0.2) is 0 Å². The van der Waals surface area contributed by atoms with E-state index in [2.05, 4.69) is 27.1 Å². The van der Waals surface area contributed by atoms with Gasteiger partial charge in [-0.3, -0.25) is 33.0 Å². The molecule has 5 aromatic carbocycles. The van der Waals surface area contributed by atoms with Gasteiger partial charge in [0.15, 0.2) is 23.1 Å². The van der Waals surface area contributed by atoms with Gasteiger partial charge in [0.2, 0.25) is 17.7 Å². The van der Waals surface area contributed by atoms with Gasteiger partial charge in [-0.1, -0.05) is 77.9 Å². The Morgan fingerprint density at radius 2 is 1.46 bits per heavy atom. The number of methoxy groups -OCH3 is 1. The summed E-state index contributed by atoms with van der Waals surface area (Å²) >= 11 is 0. The summed E-state index contributed by atoms with van der Waals surface area (Å²) in [7, 11) is 3.37. The Morgan fingerprint density at radius 1 is 0.810 bits per heavy atom. The molecule has 9 rings (SSSR count). The van der Waals surface area contributed by atoms with Crippen LogP contribution in [0.4, 0.5) is 22.7 Å². The first kappa shape index (κ1) is 61.6. The second-order valence-electron chi connectivity index (χ2n) is 22.6. The first-order valence-electron chi connectivity index (χ1n) is 28.4. The van der Waals surface area contributed by atoms with Crippen molar-refractivity contribution in [3.63, 3.8) is 0 Å². The molecule has 5 aromatic rings. The lowest BCUT2D eigenvalue weighted by molar-refractivity contribution is -0.401. The van der Waals surface area contributed by atoms with Crippen molar-refractivity contribution < 1.29 is 60.2 Å². The molecular weight excluding hydrogens is 1130 g/mol. The average molecular weight is 1200 g/mol. The summed E-state index contributed by atoms with van der Waals surface area (Å²) in [5.74, 6) is -0.651. The third kappa shape index (κ3) is 13.7. The Bertz CT molecular complexity index is 3550. The number of rotatable bonds is 25. The van der Waals surface area contributed by atoms with Crippen LogP contribution in [0.5, 0.6) is 17.2 Å². The Hall–Kier alpha value is -7.00. The standard InChI is InChI=1S/C64H73N5O12S3/c1-10-54(70)59(84(76,77)79-9)22-24-82-83-64(5,6)23-21-60(72)65-40(4)55(71)26-39(3)61(73)66-46-28-41(36-80-56-34-53-50(25-38(56)2)63(75)69-48(35-67(53)7)31-45-16-12-14-18-52(45)69)27-42(29-46)37-81-58-32-43-19-20-47-30-44-15-11-13-17-51(44)68(47)62(74)49(43)33-57(58)78-8/h11-18,25,27-29,32-34,39-40,47-48,59H,10,19-24,26,30-31,36-37H2,1-9H3,(H,65,72)(H,66,73)/t39-,40+,47-,48+,59?/m1/s1. The van der Waals surface area contributed by atoms with Crippen molar-refractivity contribution in [2.75, 3.05) is 42.1 Å². The lowest BCUT2D eigenvalue weighted by atomic mass is 9.99. The van der Waals surface area contributed by atoms with Crippen molar-refractivity contribution in [2.45, 2.75) is 141 Å². The van der Waals surface area contributed by atoms with Gasteiger partial charge in [-0.2, -0.15) is 8.42 Å². The van der Waals surface area contributed by atoms with Crippen LogP contribution in [0.25, 0.3) is 0 Å². The molecule has 1 unspecified atom stereocenters. The number of benzene rings is 5. The minimum absolute atomic E-state index is 0.0437. The molecule has 0 aliphatic carbocycles. The topological polar surface area (TPSA) is 207 Å². The maximum absolute atomic E-state index is 14.2. The summed E-state index contributed by atoms with van der Waals surface area (Å²) in [5.41, 5.74) is 9.25. The average Bonchev–Trinajstić information content (AvgIpc) is 2.38. The summed E-state index contributed by atoms with van der Waals surface area (Å²) in [6.45, 7) is 10.8. The predicted octanol–water partition coefficient (Wildman–Crippen LogP) is 10.2. The van der Waals surface area contributed by atoms with E-state index < -0.39 is 43.8 Å². The number of aryl methyl sites for hydroxylation is 2. The number of hydrogen-bond acceptors (Lipinski definition) is 14. The summed E-state index contributed by atoms with van der Waals surface area (Å²) < 4.78 is 49.7. The van der Waals surface area contributed by atoms with Crippen LogP contribution >= 0.6 is 21.6 Å². The first-order valence-corrected chi connectivity index (χ1v) is 32.2. The first-order chi connectivity index (χ1) is 40.1. The number of carbonyl (C=O) groups is 6. The molecule has 4 aliphatic heterocycles. The number of amides is 4. The van der Waals surface area contributed by atoms with E-state index in [0.29, 0.717) is 75.9 Å². The molecule has 0 saturated heterocycles. The molecule has 0 aromatic heterocycles. The van der Waals surface area contributed by atoms with Crippen molar-refractivity contribution in [1.29, 1.82) is 0 Å². The highest BCUT2D eigenvalue weighted by Crippen LogP contribution is 2.43. The third-order valence-corrected chi connectivity index (χ3v) is 21.0. The fourth-order valence-corrected chi connectivity index (χ4v) is 15.3. The van der Waals surface area contributed by atoms with Crippen LogP contribution in [0.1, 0.15) is 127 Å². The van der Waals surface area contributed by atoms with Crippen LogP contribution in [0.15, 0.2) is 91.0 Å². The Kier molecular flexibility index (Phi) is 19.1. The van der Waals surface area contributed by atoms with Crippen LogP contribution in [0.3, 0.4) is 0 Å². The van der Waals surface area contributed by atoms with Crippen molar-refractivity contribution in [3.05, 3.63) is 136 Å². The monoisotopic (exact) mass is 1200 g/mol. The number of fused-ring (bicyclic) bond motifs is 8. The molecule has 0 radical (unpaired) electrons. The van der Waals surface area contributed by atoms with Crippen LogP contribution < -0.4 is 34.6 Å². The maximum Gasteiger partial charge on any atom is 0.277 e. The molecule has 0 fully saturated rings. The molecule has 20 heteroatoms. The highest BCUT2D eigenvalue weighted by Gasteiger charge is 2.39. The number of para-hydroxylation sites is 2. The molecular formula is C64H73N5O12S3. The van der Waals surface area contributed by atoms with Crippen LogP contribution in [-0.4, -0.2) is 110 Å². The Labute approximate surface area is 500 Å². The molecule has 0 spiro atoms. The second-order valence-corrected chi connectivity index (χ2v) is 27.6. The maximum atomic E-state index is 14.2. The molecule has 2 N–H and O–H groups in total. The number of nitrogens with one attached hydrogen (secondary N) is 2. The number of carbonyl (C=O) groups excluding carboxylic acids is 6. The van der Waals surface area contributed by atoms with Gasteiger partial charge in [0, 0.05) is 82.2 Å². The zero-order valence-corrected chi connectivity index (χ0v) is 51.4. The van der Waals surface area contributed by atoms with Crippen molar-refractivity contribution in [2.24, 2.45) is 5.92 Å². The van der Waals surface area contributed by atoms with Crippen molar-refractivity contribution in [3.8, 4) is 17.2 Å². The van der Waals surface area contributed by atoms with Crippen molar-refractivity contribution in [1.82, 2.24) is 5.32 Å². The van der Waals surface area contributed by atoms with Gasteiger partial charge in [0.05, 0.1) is 25.9 Å². The number of Topliss-reactive ketones (excluding diaryl/α,β-unsaturated/α-hetero) is 2. The van der Waals surface area contributed by atoms with Gasteiger partial charge in [-0.15, -0.1) is 0 Å². The van der Waals surface area contributed by atoms with Crippen molar-refractivity contribution >= 4 is 95.9 Å². The van der Waals surface area contributed by atoms with Gasteiger partial charge >= 0.3 is 0 Å². The van der Waals surface area contributed by atoms with E-state index in [4.69, 9.17) is 14.2 Å². The van der Waals surface area contributed by atoms with E-state index in [1.165, 1.54) is 28.7 Å². The van der Waals surface area contributed by atoms with E-state index in [0.717, 1.165) is 53.6 Å². The number of ketones is 2. The van der Waals surface area contributed by atoms with Crippen LogP contribution in [-0.2, 0) is 66.0 Å². The number of hydrogen-bond donors (Lipinski definition) is 2. The third-order valence-electron chi connectivity index (χ3n) is 16.0. The van der Waals surface area contributed by atoms with Crippen LogP contribution in [0.2, 0.25) is 0 Å². The molecule has 444 valence electrons. The minimum Gasteiger partial charge on any atom is -0.493 e. The second kappa shape index (κ2) is 26.1. The Balaban J connectivity index is 0.872. The molecule has 0 saturated carbocycles. The zero-order valence-electron chi connectivity index (χ0n) is 49.0. The highest BCUT2D eigenvalue weighted by molar-refractivity contribution is 8.77. The SMILES string of the molecule is CCC(=O)C(CCSSC(C)(C)CCC(=O)N[C@@H](C)C(=O)C[C@@H](C)C(=O)Nc1cc(COc2cc3c(cc2C)C(=O)N2c4ccccc4C[C@H]2[C-]=[N+]3C)cc(COc2cc3c(cc2OC)C(=O)N2c4ccccc4C[C@H]2CC3)c1)S(=O)(=O)OC. The quantitative estimate of drug-likeness (QED) is 0.0183. The molecule has 0 bridgehead atoms. The smallest absolute Gasteiger partial charge is 0.277 e. The molecule has 84 heavy (non-hydrogen) atoms. The van der Waals surface area contributed by atoms with Gasteiger partial charge in [-0.05, 0) is 148 Å². The lowest BCUT2D eigenvalue weighted by Crippen LogP contribution is -2.40. The molecule has 5 atom stereocenters. The lowest BCUT2D eigenvalue weighted by Gasteiger charge is -2.24. The number of anilines is 3. The summed E-state index contributed by atoms with van der Waals surface area (Å²) in [5, 5.41) is 4.57. The fourth-order valence-electron chi connectivity index (χ4n) is 11.3. The molecule has 4 heterocycles. The van der Waals surface area contributed by atoms with Gasteiger partial charge < -0.3 is 39.2 Å². The zero-order chi connectivity index (χ0) is 60.2. The van der Waals surface area contributed by atoms with E-state index in [1.54, 1.807) is 39.0 Å². The van der Waals surface area contributed by atoms with E-state index in [9.17, 15) is 37.2 Å². The molecule has 4 aliphatic rings. The summed E-state index contributed by atoms with van der Waals surface area (Å²) in [6, 6.07) is 27.7. The van der Waals surface area contributed by atoms with Gasteiger partial charge in [0.25, 0.3) is 16.0 Å². The van der Waals surface area contributed by atoms with Gasteiger partial charge in [0.1, 0.15) is 31.3 Å². The summed E-state index contributed by atoms with van der Waals surface area (Å²) in [4.78, 5) is 85.2. The number of nitrogens with zero attached hydrogens (tertiary/aromatic N) is 3. The van der Waals surface area contributed by atoms with E-state index in [-0.39, 0.29) is 74.5 Å². The normalized spacial score (nSPS) is 17.2. The fraction of sp³-hybridized carbons (Fsp3) is 0.422. The number of ether oxygens (including phenoxy) is 3. The van der Waals surface area contributed by atoms with E-state index >= 15 is 0 Å².